The largest absolute Gasteiger partial charge is 0.465 e. The van der Waals surface area contributed by atoms with Gasteiger partial charge in [0, 0.05) is 4.90 Å². The molecule has 1 aliphatic rings. The molecule has 0 unspecified atom stereocenters. The van der Waals surface area contributed by atoms with Crippen LogP contribution in [0.2, 0.25) is 0 Å². The summed E-state index contributed by atoms with van der Waals surface area (Å²) < 4.78 is 4.97. The third-order valence-corrected chi connectivity index (χ3v) is 4.99. The summed E-state index contributed by atoms with van der Waals surface area (Å²) in [4.78, 5) is 32.4. The molecule has 25 heavy (non-hydrogen) atoms. The van der Waals surface area contributed by atoms with Gasteiger partial charge in [0.2, 0.25) is 0 Å². The number of carbonyl (C=O) groups excluding carboxylic acids is 2. The lowest BCUT2D eigenvalue weighted by molar-refractivity contribution is -0.144. The molecular formula is C16H18N4O3S2. The molecule has 1 aliphatic heterocycles. The van der Waals surface area contributed by atoms with Crippen molar-refractivity contribution in [3.63, 3.8) is 0 Å². The molecule has 0 radical (unpaired) electrons. The summed E-state index contributed by atoms with van der Waals surface area (Å²) in [5.74, 6) is -0.712. The Hall–Kier alpha value is -2.18. The molecule has 1 fully saturated rings. The third-order valence-electron chi connectivity index (χ3n) is 3.84. The summed E-state index contributed by atoms with van der Waals surface area (Å²) in [6, 6.07) is 3.71. The lowest BCUT2D eigenvalue weighted by Gasteiger charge is -2.28. The number of carbonyl (C=O) groups is 2. The van der Waals surface area contributed by atoms with E-state index in [4.69, 9.17) is 22.2 Å². The first-order chi connectivity index (χ1) is 11.8. The van der Waals surface area contributed by atoms with Crippen molar-refractivity contribution in [3.05, 3.63) is 18.0 Å². The summed E-state index contributed by atoms with van der Waals surface area (Å²) in [6.07, 6.45) is 3.26. The van der Waals surface area contributed by atoms with Crippen molar-refractivity contribution in [2.45, 2.75) is 31.2 Å². The molecule has 0 aliphatic carbocycles. The van der Waals surface area contributed by atoms with Crippen molar-refractivity contribution in [1.29, 1.82) is 5.26 Å². The Labute approximate surface area is 155 Å². The molecule has 2 rings (SSSR count). The van der Waals surface area contributed by atoms with E-state index in [2.05, 4.69) is 4.98 Å². The number of nitrogens with zero attached hydrogens (tertiary/aromatic N) is 4. The van der Waals surface area contributed by atoms with Crippen LogP contribution in [0.4, 0.5) is 5.69 Å². The van der Waals surface area contributed by atoms with Crippen molar-refractivity contribution in [1.82, 2.24) is 9.88 Å². The van der Waals surface area contributed by atoms with Crippen LogP contribution in [0, 0.1) is 11.3 Å². The van der Waals surface area contributed by atoms with Gasteiger partial charge in [-0.1, -0.05) is 0 Å². The van der Waals surface area contributed by atoms with Crippen LogP contribution in [-0.2, 0) is 14.3 Å². The molecule has 9 heteroatoms. The van der Waals surface area contributed by atoms with Crippen molar-refractivity contribution < 1.29 is 14.3 Å². The third kappa shape index (κ3) is 3.45. The van der Waals surface area contributed by atoms with Gasteiger partial charge < -0.3 is 9.64 Å². The highest BCUT2D eigenvalue weighted by atomic mass is 32.2. The highest BCUT2D eigenvalue weighted by molar-refractivity contribution is 7.98. The Morgan fingerprint density at radius 1 is 1.52 bits per heavy atom. The quantitative estimate of drug-likeness (QED) is 0.437. The fourth-order valence-electron chi connectivity index (χ4n) is 2.46. The molecule has 0 atom stereocenters. The lowest BCUT2D eigenvalue weighted by atomic mass is 10.0. The number of esters is 1. The Bertz CT molecular complexity index is 773. The average molecular weight is 378 g/mol. The SMILES string of the molecule is CCOC(=O)CN1C(=S)N(c2cnc(C#N)c(SC)c2)C(=O)C1(C)C. The molecular weight excluding hydrogens is 360 g/mol. The van der Waals surface area contributed by atoms with Gasteiger partial charge in [0.05, 0.1) is 18.5 Å². The molecule has 2 heterocycles. The Balaban J connectivity index is 2.40. The van der Waals surface area contributed by atoms with Crippen LogP contribution >= 0.6 is 24.0 Å². The lowest BCUT2D eigenvalue weighted by Crippen LogP contribution is -2.46. The summed E-state index contributed by atoms with van der Waals surface area (Å²) >= 11 is 6.80. The second-order valence-electron chi connectivity index (χ2n) is 5.73. The van der Waals surface area contributed by atoms with Gasteiger partial charge in [-0.15, -0.1) is 11.8 Å². The number of hydrogen-bond acceptors (Lipinski definition) is 7. The maximum atomic E-state index is 12.9. The Morgan fingerprint density at radius 3 is 2.76 bits per heavy atom. The molecule has 1 saturated heterocycles. The number of rotatable bonds is 5. The number of aromatic nitrogens is 1. The van der Waals surface area contributed by atoms with Gasteiger partial charge in [0.1, 0.15) is 18.2 Å². The molecule has 1 aromatic rings. The molecule has 1 amide bonds. The standard InChI is InChI=1S/C16H18N4O3S2/c1-5-23-13(21)9-19-15(24)20(14(22)16(19,2)3)10-6-12(25-4)11(7-17)18-8-10/h6,8H,5,9H2,1-4H3. The van der Waals surface area contributed by atoms with Crippen molar-refractivity contribution in [2.75, 3.05) is 24.3 Å². The highest BCUT2D eigenvalue weighted by Gasteiger charge is 2.50. The number of amides is 1. The molecule has 7 nitrogen and oxygen atoms in total. The number of nitriles is 1. The minimum Gasteiger partial charge on any atom is -0.465 e. The number of anilines is 1. The summed E-state index contributed by atoms with van der Waals surface area (Å²) in [7, 11) is 0. The zero-order chi connectivity index (χ0) is 18.8. The predicted octanol–water partition coefficient (Wildman–Crippen LogP) is 1.95. The van der Waals surface area contributed by atoms with E-state index in [1.54, 1.807) is 31.7 Å². The number of thioether (sulfide) groups is 1. The van der Waals surface area contributed by atoms with Crippen LogP contribution < -0.4 is 4.90 Å². The molecule has 132 valence electrons. The topological polar surface area (TPSA) is 86.5 Å². The first-order valence-corrected chi connectivity index (χ1v) is 9.17. The molecule has 0 saturated carbocycles. The number of ether oxygens (including phenoxy) is 1. The maximum Gasteiger partial charge on any atom is 0.325 e. The van der Waals surface area contributed by atoms with Crippen LogP contribution in [0.25, 0.3) is 0 Å². The summed E-state index contributed by atoms with van der Waals surface area (Å²) in [5, 5.41) is 9.30. The smallest absolute Gasteiger partial charge is 0.325 e. The van der Waals surface area contributed by atoms with E-state index >= 15 is 0 Å². The number of hydrogen-bond donors (Lipinski definition) is 0. The molecule has 0 N–H and O–H groups in total. The predicted molar refractivity (Wildman–Crippen MR) is 98.2 cm³/mol. The monoisotopic (exact) mass is 378 g/mol. The zero-order valence-corrected chi connectivity index (χ0v) is 16.0. The van der Waals surface area contributed by atoms with Gasteiger partial charge >= 0.3 is 5.97 Å². The first kappa shape index (κ1) is 19.1. The average Bonchev–Trinajstić information content (AvgIpc) is 2.74. The van der Waals surface area contributed by atoms with Gasteiger partial charge in [-0.2, -0.15) is 5.26 Å². The Morgan fingerprint density at radius 2 is 2.20 bits per heavy atom. The molecule has 1 aromatic heterocycles. The van der Waals surface area contributed by atoms with Crippen molar-refractivity contribution in [2.24, 2.45) is 0 Å². The van der Waals surface area contributed by atoms with Crippen molar-refractivity contribution in [3.8, 4) is 6.07 Å². The molecule has 0 spiro atoms. The highest BCUT2D eigenvalue weighted by Crippen LogP contribution is 2.33. The van der Waals surface area contributed by atoms with Gasteiger partial charge in [-0.05, 0) is 45.3 Å². The fraction of sp³-hybridized carbons (Fsp3) is 0.438. The van der Waals surface area contributed by atoms with Gasteiger partial charge in [-0.3, -0.25) is 14.5 Å². The van der Waals surface area contributed by atoms with Crippen LogP contribution in [0.5, 0.6) is 0 Å². The summed E-state index contributed by atoms with van der Waals surface area (Å²) in [5.41, 5.74) is -0.230. The summed E-state index contributed by atoms with van der Waals surface area (Å²) in [6.45, 7) is 5.27. The van der Waals surface area contributed by atoms with Gasteiger partial charge in [0.15, 0.2) is 10.8 Å². The second kappa shape index (κ2) is 7.37. The van der Waals surface area contributed by atoms with Crippen LogP contribution in [0.1, 0.15) is 26.5 Å². The minimum absolute atomic E-state index is 0.110. The minimum atomic E-state index is -0.989. The van der Waals surface area contributed by atoms with Crippen LogP contribution in [0.3, 0.4) is 0 Å². The number of thiocarbonyl (C=S) groups is 1. The van der Waals surface area contributed by atoms with E-state index in [0.29, 0.717) is 10.6 Å². The normalized spacial score (nSPS) is 16.1. The molecule has 0 bridgehead atoms. The van der Waals surface area contributed by atoms with E-state index in [9.17, 15) is 9.59 Å². The van der Waals surface area contributed by atoms with E-state index in [-0.39, 0.29) is 29.9 Å². The fourth-order valence-corrected chi connectivity index (χ4v) is 3.47. The Kier molecular flexibility index (Phi) is 5.65. The molecule has 0 aromatic carbocycles. The van der Waals surface area contributed by atoms with Crippen LogP contribution in [0.15, 0.2) is 17.2 Å². The van der Waals surface area contributed by atoms with Crippen LogP contribution in [-0.4, -0.2) is 51.8 Å². The zero-order valence-electron chi connectivity index (χ0n) is 14.4. The van der Waals surface area contributed by atoms with Gasteiger partial charge in [0.25, 0.3) is 5.91 Å². The van der Waals surface area contributed by atoms with E-state index in [1.165, 1.54) is 22.9 Å². The van der Waals surface area contributed by atoms with E-state index < -0.39 is 11.5 Å². The van der Waals surface area contributed by atoms with Crippen molar-refractivity contribution >= 4 is 46.7 Å². The maximum absolute atomic E-state index is 12.9. The second-order valence-corrected chi connectivity index (χ2v) is 6.94. The van der Waals surface area contributed by atoms with E-state index in [0.717, 1.165) is 0 Å². The number of pyridine rings is 1. The van der Waals surface area contributed by atoms with E-state index in [1.807, 2.05) is 12.3 Å². The first-order valence-electron chi connectivity index (χ1n) is 7.53. The van der Waals surface area contributed by atoms with Gasteiger partial charge in [-0.25, -0.2) is 4.98 Å².